The predicted molar refractivity (Wildman–Crippen MR) is 73.4 cm³/mol. The molecule has 17 heavy (non-hydrogen) atoms. The summed E-state index contributed by atoms with van der Waals surface area (Å²) in [7, 11) is 0. The van der Waals surface area contributed by atoms with Crippen molar-refractivity contribution in [3.63, 3.8) is 0 Å². The Bertz CT molecular complexity index is 317. The molecule has 0 bridgehead atoms. The van der Waals surface area contributed by atoms with Crippen molar-refractivity contribution >= 4 is 11.3 Å². The fourth-order valence-corrected chi connectivity index (χ4v) is 3.18. The van der Waals surface area contributed by atoms with Crippen LogP contribution in [0, 0.1) is 5.41 Å². The van der Waals surface area contributed by atoms with Gasteiger partial charge in [0, 0.05) is 24.7 Å². The van der Waals surface area contributed by atoms with E-state index in [1.54, 1.807) is 11.3 Å². The van der Waals surface area contributed by atoms with Crippen molar-refractivity contribution in [1.29, 1.82) is 0 Å². The Morgan fingerprint density at radius 2 is 2.53 bits per heavy atom. The second kappa shape index (κ2) is 5.94. The number of nitrogens with one attached hydrogen (secondary N) is 2. The van der Waals surface area contributed by atoms with Crippen LogP contribution in [0.15, 0.2) is 11.6 Å². The summed E-state index contributed by atoms with van der Waals surface area (Å²) in [5.41, 5.74) is 0.448. The molecule has 0 amide bonds. The lowest BCUT2D eigenvalue weighted by molar-refractivity contribution is 0.187. The molecule has 0 saturated carbocycles. The van der Waals surface area contributed by atoms with Crippen LogP contribution < -0.4 is 10.6 Å². The summed E-state index contributed by atoms with van der Waals surface area (Å²) < 4.78 is 0. The van der Waals surface area contributed by atoms with Gasteiger partial charge in [0.1, 0.15) is 5.01 Å². The molecule has 1 aromatic heterocycles. The standard InChI is InChI=1S/C13H23N3S/c1-3-13(5-4-6-14-9-13)10-16-11(2)12-15-7-8-17-12/h7-8,11,14,16H,3-6,9-10H2,1-2H3. The summed E-state index contributed by atoms with van der Waals surface area (Å²) in [5, 5.41) is 10.4. The molecule has 2 atom stereocenters. The normalized spacial score (nSPS) is 26.9. The molecule has 0 aliphatic carbocycles. The zero-order valence-electron chi connectivity index (χ0n) is 10.8. The first-order valence-corrected chi connectivity index (χ1v) is 7.47. The Kier molecular flexibility index (Phi) is 4.54. The Morgan fingerprint density at radius 3 is 3.12 bits per heavy atom. The van der Waals surface area contributed by atoms with E-state index < -0.39 is 0 Å². The summed E-state index contributed by atoms with van der Waals surface area (Å²) in [6, 6.07) is 0.375. The van der Waals surface area contributed by atoms with Gasteiger partial charge in [0.15, 0.2) is 0 Å². The summed E-state index contributed by atoms with van der Waals surface area (Å²) in [6.07, 6.45) is 5.78. The number of nitrogens with zero attached hydrogens (tertiary/aromatic N) is 1. The molecule has 2 N–H and O–H groups in total. The SMILES string of the molecule is CCC1(CNC(C)c2nccs2)CCCNC1. The van der Waals surface area contributed by atoms with Crippen molar-refractivity contribution in [3.8, 4) is 0 Å². The fraction of sp³-hybridized carbons (Fsp3) is 0.769. The Labute approximate surface area is 108 Å². The number of aromatic nitrogens is 1. The van der Waals surface area contributed by atoms with Crippen LogP contribution in [0.1, 0.15) is 44.2 Å². The second-order valence-corrected chi connectivity index (χ2v) is 6.03. The summed E-state index contributed by atoms with van der Waals surface area (Å²) in [5.74, 6) is 0. The van der Waals surface area contributed by atoms with Crippen LogP contribution in [0.4, 0.5) is 0 Å². The van der Waals surface area contributed by atoms with Gasteiger partial charge >= 0.3 is 0 Å². The van der Waals surface area contributed by atoms with E-state index in [2.05, 4.69) is 29.5 Å². The van der Waals surface area contributed by atoms with E-state index in [0.29, 0.717) is 11.5 Å². The lowest BCUT2D eigenvalue weighted by atomic mass is 9.78. The van der Waals surface area contributed by atoms with Crippen molar-refractivity contribution < 1.29 is 0 Å². The highest BCUT2D eigenvalue weighted by Gasteiger charge is 2.30. The summed E-state index contributed by atoms with van der Waals surface area (Å²) in [6.45, 7) is 7.95. The van der Waals surface area contributed by atoms with Crippen LogP contribution in [0.25, 0.3) is 0 Å². The number of thiazole rings is 1. The fourth-order valence-electron chi connectivity index (χ4n) is 2.51. The Morgan fingerprint density at radius 1 is 1.65 bits per heavy atom. The van der Waals surface area contributed by atoms with Crippen molar-refractivity contribution in [3.05, 3.63) is 16.6 Å². The third kappa shape index (κ3) is 3.27. The average Bonchev–Trinajstić information content (AvgIpc) is 2.91. The zero-order valence-corrected chi connectivity index (χ0v) is 11.6. The van der Waals surface area contributed by atoms with Gasteiger partial charge in [-0.3, -0.25) is 0 Å². The molecule has 1 fully saturated rings. The van der Waals surface area contributed by atoms with E-state index in [4.69, 9.17) is 0 Å². The van der Waals surface area contributed by atoms with Gasteiger partial charge in [0.05, 0.1) is 6.04 Å². The molecule has 1 aliphatic rings. The van der Waals surface area contributed by atoms with E-state index in [1.165, 1.54) is 30.8 Å². The van der Waals surface area contributed by atoms with Gasteiger partial charge in [-0.1, -0.05) is 6.92 Å². The third-order valence-corrected chi connectivity index (χ3v) is 4.87. The molecule has 2 heterocycles. The molecule has 3 nitrogen and oxygen atoms in total. The highest BCUT2D eigenvalue weighted by molar-refractivity contribution is 7.09. The number of rotatable bonds is 5. The highest BCUT2D eigenvalue weighted by atomic mass is 32.1. The first-order valence-electron chi connectivity index (χ1n) is 6.59. The van der Waals surface area contributed by atoms with Crippen molar-refractivity contribution in [2.24, 2.45) is 5.41 Å². The summed E-state index contributed by atoms with van der Waals surface area (Å²) >= 11 is 1.73. The minimum absolute atomic E-state index is 0.375. The second-order valence-electron chi connectivity index (χ2n) is 5.11. The lowest BCUT2D eigenvalue weighted by Crippen LogP contribution is -2.46. The van der Waals surface area contributed by atoms with Gasteiger partial charge in [-0.15, -0.1) is 11.3 Å². The topological polar surface area (TPSA) is 37.0 Å². The first kappa shape index (κ1) is 13.0. The highest BCUT2D eigenvalue weighted by Crippen LogP contribution is 2.30. The average molecular weight is 253 g/mol. The Hall–Kier alpha value is -0.450. The predicted octanol–water partition coefficient (Wildman–Crippen LogP) is 2.57. The van der Waals surface area contributed by atoms with Gasteiger partial charge in [0.25, 0.3) is 0 Å². The van der Waals surface area contributed by atoms with Crippen LogP contribution in [-0.4, -0.2) is 24.6 Å². The Balaban J connectivity index is 1.87. The maximum atomic E-state index is 4.37. The third-order valence-electron chi connectivity index (χ3n) is 3.92. The molecule has 1 aliphatic heterocycles. The van der Waals surface area contributed by atoms with Crippen molar-refractivity contribution in [1.82, 2.24) is 15.6 Å². The smallest absolute Gasteiger partial charge is 0.109 e. The largest absolute Gasteiger partial charge is 0.316 e. The molecule has 4 heteroatoms. The minimum Gasteiger partial charge on any atom is -0.316 e. The lowest BCUT2D eigenvalue weighted by Gasteiger charge is -2.38. The minimum atomic E-state index is 0.375. The molecule has 1 aromatic rings. The number of piperidine rings is 1. The molecule has 2 rings (SSSR count). The van der Waals surface area contributed by atoms with Crippen molar-refractivity contribution in [2.45, 2.75) is 39.2 Å². The summed E-state index contributed by atoms with van der Waals surface area (Å²) in [4.78, 5) is 4.37. The molecule has 2 unspecified atom stereocenters. The monoisotopic (exact) mass is 253 g/mol. The molecule has 1 saturated heterocycles. The van der Waals surface area contributed by atoms with Crippen LogP contribution in [0.5, 0.6) is 0 Å². The van der Waals surface area contributed by atoms with E-state index >= 15 is 0 Å². The number of hydrogen-bond donors (Lipinski definition) is 2. The molecule has 0 aromatic carbocycles. The van der Waals surface area contributed by atoms with Gasteiger partial charge in [-0.2, -0.15) is 0 Å². The van der Waals surface area contributed by atoms with Crippen LogP contribution in [0.2, 0.25) is 0 Å². The van der Waals surface area contributed by atoms with Crippen LogP contribution in [0.3, 0.4) is 0 Å². The first-order chi connectivity index (χ1) is 8.26. The van der Waals surface area contributed by atoms with Crippen LogP contribution >= 0.6 is 11.3 Å². The van der Waals surface area contributed by atoms with Crippen molar-refractivity contribution in [2.75, 3.05) is 19.6 Å². The van der Waals surface area contributed by atoms with E-state index in [-0.39, 0.29) is 0 Å². The van der Waals surface area contributed by atoms with Gasteiger partial charge < -0.3 is 10.6 Å². The van der Waals surface area contributed by atoms with Gasteiger partial charge in [-0.25, -0.2) is 4.98 Å². The van der Waals surface area contributed by atoms with E-state index in [0.717, 1.165) is 13.1 Å². The molecule has 0 radical (unpaired) electrons. The molecule has 0 spiro atoms. The molecule has 96 valence electrons. The maximum absolute atomic E-state index is 4.37. The zero-order chi connectivity index (χ0) is 12.1. The quantitative estimate of drug-likeness (QED) is 0.847. The molecular weight excluding hydrogens is 230 g/mol. The van der Waals surface area contributed by atoms with Crippen LogP contribution in [-0.2, 0) is 0 Å². The van der Waals surface area contributed by atoms with Gasteiger partial charge in [-0.05, 0) is 38.1 Å². The van der Waals surface area contributed by atoms with E-state index in [9.17, 15) is 0 Å². The van der Waals surface area contributed by atoms with E-state index in [1.807, 2.05) is 11.6 Å². The van der Waals surface area contributed by atoms with Gasteiger partial charge in [0.2, 0.25) is 0 Å². The maximum Gasteiger partial charge on any atom is 0.109 e. The number of hydrogen-bond acceptors (Lipinski definition) is 4. The molecular formula is C13H23N3S.